The van der Waals surface area contributed by atoms with E-state index in [4.69, 9.17) is 9.73 Å². The van der Waals surface area contributed by atoms with Crippen LogP contribution in [0, 0.1) is 13.8 Å². The van der Waals surface area contributed by atoms with E-state index in [1.165, 1.54) is 6.33 Å². The van der Waals surface area contributed by atoms with Gasteiger partial charge in [0.05, 0.1) is 24.4 Å². The first-order valence-electron chi connectivity index (χ1n) is 12.7. The first-order chi connectivity index (χ1) is 17.4. The normalized spacial score (nSPS) is 20.9. The maximum absolute atomic E-state index is 13.2. The molecule has 1 amide bonds. The topological polar surface area (TPSA) is 116 Å². The van der Waals surface area contributed by atoms with Crippen molar-refractivity contribution >= 4 is 29.0 Å². The highest BCUT2D eigenvalue weighted by atomic mass is 16.5. The van der Waals surface area contributed by atoms with Gasteiger partial charge in [0.15, 0.2) is 5.69 Å². The van der Waals surface area contributed by atoms with Crippen LogP contribution >= 0.6 is 0 Å². The molecule has 36 heavy (non-hydrogen) atoms. The Balaban J connectivity index is 1.70. The molecule has 5 rings (SSSR count). The largest absolute Gasteiger partial charge is 0.373 e. The number of aromatic nitrogens is 5. The molecule has 1 unspecified atom stereocenters. The standard InChI is InChI=1S/C26H33N7O3/c1-17-14-32-24(19(17)3)29-12-18(2)36-11-7-6-10-28-25(35)22-23(34)21-20(13-27-16-30-21)33(31-22)15-26(32)8-4-5-9-26/h12-14,16,18H,4-11,15H2,1-3H3,(H,28,35). The first kappa shape index (κ1) is 24.3. The van der Waals surface area contributed by atoms with Crippen molar-refractivity contribution in [2.24, 2.45) is 4.99 Å². The molecule has 0 aromatic carbocycles. The number of hydrogen-bond donors (Lipinski definition) is 1. The van der Waals surface area contributed by atoms with Gasteiger partial charge in [-0.3, -0.25) is 14.3 Å². The molecule has 1 spiro atoms. The van der Waals surface area contributed by atoms with E-state index in [1.807, 2.05) is 13.1 Å². The van der Waals surface area contributed by atoms with Crippen LogP contribution in [0.2, 0.25) is 0 Å². The Morgan fingerprint density at radius 2 is 1.94 bits per heavy atom. The third-order valence-corrected chi connectivity index (χ3v) is 7.45. The molecule has 3 aromatic rings. The fourth-order valence-electron chi connectivity index (χ4n) is 5.30. The highest BCUT2D eigenvalue weighted by Crippen LogP contribution is 2.43. The number of aliphatic imine (C=N–C) groups is 1. The summed E-state index contributed by atoms with van der Waals surface area (Å²) in [6, 6.07) is 0. The second kappa shape index (κ2) is 9.93. The van der Waals surface area contributed by atoms with Crippen molar-refractivity contribution in [3.05, 3.63) is 45.8 Å². The molecule has 3 aromatic heterocycles. The molecule has 0 radical (unpaired) electrons. The third kappa shape index (κ3) is 4.45. The van der Waals surface area contributed by atoms with Crippen molar-refractivity contribution in [3.8, 4) is 0 Å². The number of ether oxygens (including phenoxy) is 1. The maximum Gasteiger partial charge on any atom is 0.275 e. The summed E-state index contributed by atoms with van der Waals surface area (Å²) >= 11 is 0. The maximum atomic E-state index is 13.2. The molecule has 1 aliphatic carbocycles. The molecule has 1 N–H and O–H groups in total. The molecule has 4 heterocycles. The van der Waals surface area contributed by atoms with E-state index >= 15 is 0 Å². The molecule has 1 atom stereocenters. The van der Waals surface area contributed by atoms with Crippen molar-refractivity contribution in [1.82, 2.24) is 29.6 Å². The summed E-state index contributed by atoms with van der Waals surface area (Å²) < 4.78 is 9.96. The average molecular weight is 492 g/mol. The van der Waals surface area contributed by atoms with E-state index in [1.54, 1.807) is 10.9 Å². The summed E-state index contributed by atoms with van der Waals surface area (Å²) in [4.78, 5) is 39.5. The SMILES string of the molecule is Cc1cn2c(c1C)N=CC(C)OCCCCNC(=O)c1nn(c3cncnc3c1=O)CC21CCCC1. The van der Waals surface area contributed by atoms with E-state index in [9.17, 15) is 9.59 Å². The minimum atomic E-state index is -0.481. The highest BCUT2D eigenvalue weighted by molar-refractivity contribution is 5.94. The first-order valence-corrected chi connectivity index (χ1v) is 12.7. The van der Waals surface area contributed by atoms with Crippen LogP contribution in [-0.2, 0) is 16.8 Å². The lowest BCUT2D eigenvalue weighted by atomic mass is 9.96. The number of hydrogen-bond acceptors (Lipinski definition) is 7. The molecule has 10 nitrogen and oxygen atoms in total. The quantitative estimate of drug-likeness (QED) is 0.516. The number of fused-ring (bicyclic) bond motifs is 6. The van der Waals surface area contributed by atoms with Crippen LogP contribution in [0.3, 0.4) is 0 Å². The number of amides is 1. The van der Waals surface area contributed by atoms with Crippen molar-refractivity contribution in [2.45, 2.75) is 77.5 Å². The molecule has 0 saturated heterocycles. The number of rotatable bonds is 0. The van der Waals surface area contributed by atoms with Crippen LogP contribution in [0.4, 0.5) is 5.82 Å². The van der Waals surface area contributed by atoms with Gasteiger partial charge in [-0.15, -0.1) is 0 Å². The molecule has 190 valence electrons. The molecule has 2 aliphatic rings. The van der Waals surface area contributed by atoms with Gasteiger partial charge in [-0.25, -0.2) is 15.0 Å². The lowest BCUT2D eigenvalue weighted by Gasteiger charge is -2.33. The minimum Gasteiger partial charge on any atom is -0.373 e. The molecule has 2 bridgehead atoms. The van der Waals surface area contributed by atoms with Crippen LogP contribution in [0.1, 0.15) is 67.1 Å². The summed E-state index contributed by atoms with van der Waals surface area (Å²) in [5.74, 6) is 0.429. The monoisotopic (exact) mass is 491 g/mol. The summed E-state index contributed by atoms with van der Waals surface area (Å²) in [6.45, 7) is 7.65. The van der Waals surface area contributed by atoms with Crippen LogP contribution < -0.4 is 10.7 Å². The highest BCUT2D eigenvalue weighted by Gasteiger charge is 2.39. The summed E-state index contributed by atoms with van der Waals surface area (Å²) in [5, 5.41) is 7.44. The van der Waals surface area contributed by atoms with Gasteiger partial charge in [0.25, 0.3) is 5.91 Å². The van der Waals surface area contributed by atoms with Crippen molar-refractivity contribution in [1.29, 1.82) is 0 Å². The average Bonchev–Trinajstić information content (AvgIpc) is 3.46. The summed E-state index contributed by atoms with van der Waals surface area (Å²) in [6.07, 6.45) is 12.4. The summed E-state index contributed by atoms with van der Waals surface area (Å²) in [5.41, 5.74) is 2.09. The Hall–Kier alpha value is -3.40. The second-order valence-corrected chi connectivity index (χ2v) is 9.97. The molecule has 1 aliphatic heterocycles. The van der Waals surface area contributed by atoms with Crippen molar-refractivity contribution in [2.75, 3.05) is 13.2 Å². The van der Waals surface area contributed by atoms with Crippen molar-refractivity contribution < 1.29 is 9.53 Å². The zero-order valence-electron chi connectivity index (χ0n) is 21.2. The molecular weight excluding hydrogens is 458 g/mol. The van der Waals surface area contributed by atoms with E-state index in [0.717, 1.165) is 55.5 Å². The van der Waals surface area contributed by atoms with E-state index in [-0.39, 0.29) is 22.9 Å². The van der Waals surface area contributed by atoms with Gasteiger partial charge in [-0.2, -0.15) is 5.10 Å². The van der Waals surface area contributed by atoms with Gasteiger partial charge in [-0.05, 0) is 57.6 Å². The van der Waals surface area contributed by atoms with Gasteiger partial charge in [0.1, 0.15) is 23.2 Å². The van der Waals surface area contributed by atoms with Crippen LogP contribution in [0.25, 0.3) is 11.0 Å². The van der Waals surface area contributed by atoms with Crippen LogP contribution in [0.5, 0.6) is 0 Å². The van der Waals surface area contributed by atoms with Gasteiger partial charge >= 0.3 is 0 Å². The van der Waals surface area contributed by atoms with E-state index in [2.05, 4.69) is 45.0 Å². The Bertz CT molecular complexity index is 1370. The Morgan fingerprint density at radius 3 is 2.75 bits per heavy atom. The van der Waals surface area contributed by atoms with Crippen LogP contribution in [0.15, 0.2) is 28.5 Å². The van der Waals surface area contributed by atoms with E-state index < -0.39 is 11.3 Å². The zero-order chi connectivity index (χ0) is 25.3. The number of nitrogens with one attached hydrogen (secondary N) is 1. The lowest BCUT2D eigenvalue weighted by molar-refractivity contribution is 0.0933. The third-order valence-electron chi connectivity index (χ3n) is 7.45. The lowest BCUT2D eigenvalue weighted by Crippen LogP contribution is -2.38. The number of carbonyl (C=O) groups excluding carboxylic acids is 1. The van der Waals surface area contributed by atoms with Gasteiger partial charge in [0.2, 0.25) is 5.43 Å². The molecule has 1 fully saturated rings. The fraction of sp³-hybridized carbons (Fsp3) is 0.538. The zero-order valence-corrected chi connectivity index (χ0v) is 21.2. The van der Waals surface area contributed by atoms with Crippen LogP contribution in [-0.4, -0.2) is 55.7 Å². The Labute approximate surface area is 209 Å². The smallest absolute Gasteiger partial charge is 0.275 e. The van der Waals surface area contributed by atoms with Gasteiger partial charge in [-0.1, -0.05) is 12.8 Å². The number of aryl methyl sites for hydroxylation is 1. The van der Waals surface area contributed by atoms with Gasteiger partial charge < -0.3 is 14.6 Å². The van der Waals surface area contributed by atoms with Gasteiger partial charge in [0, 0.05) is 25.6 Å². The predicted octanol–water partition coefficient (Wildman–Crippen LogP) is 3.21. The second-order valence-electron chi connectivity index (χ2n) is 9.97. The predicted molar refractivity (Wildman–Crippen MR) is 137 cm³/mol. The van der Waals surface area contributed by atoms with Crippen molar-refractivity contribution in [3.63, 3.8) is 0 Å². The van der Waals surface area contributed by atoms with E-state index in [0.29, 0.717) is 25.2 Å². The number of nitrogens with zero attached hydrogens (tertiary/aromatic N) is 6. The molecule has 1 saturated carbocycles. The fourth-order valence-corrected chi connectivity index (χ4v) is 5.30. The summed E-state index contributed by atoms with van der Waals surface area (Å²) in [7, 11) is 0. The minimum absolute atomic E-state index is 0.131. The Kier molecular flexibility index (Phi) is 6.70. The molecule has 10 heteroatoms. The Morgan fingerprint density at radius 1 is 1.14 bits per heavy atom. The number of carbonyl (C=O) groups is 1. The molecular formula is C26H33N7O3.